The van der Waals surface area contributed by atoms with Crippen LogP contribution in [0.25, 0.3) is 10.8 Å². The summed E-state index contributed by atoms with van der Waals surface area (Å²) in [6.07, 6.45) is -5.11. The summed E-state index contributed by atoms with van der Waals surface area (Å²) in [6.45, 7) is 1.24. The van der Waals surface area contributed by atoms with Gasteiger partial charge in [-0.1, -0.05) is 18.2 Å². The molecule has 0 radical (unpaired) electrons. The lowest BCUT2D eigenvalue weighted by molar-refractivity contribution is -0.212. The van der Waals surface area contributed by atoms with E-state index in [-0.39, 0.29) is 12.5 Å². The molecule has 3 rings (SSSR count). The molecule has 1 unspecified atom stereocenters. The molecule has 0 spiro atoms. The summed E-state index contributed by atoms with van der Waals surface area (Å²) in [4.78, 5) is 12.8. The molecule has 5 nitrogen and oxygen atoms in total. The largest absolute Gasteiger partial charge is 0.490 e. The molecule has 25 heavy (non-hydrogen) atoms. The molecule has 132 valence electrons. The fourth-order valence-corrected chi connectivity index (χ4v) is 3.79. The van der Waals surface area contributed by atoms with Gasteiger partial charge in [-0.25, -0.2) is 4.79 Å². The van der Waals surface area contributed by atoms with Crippen LogP contribution in [0.3, 0.4) is 0 Å². The van der Waals surface area contributed by atoms with Crippen LogP contribution >= 0.6 is 22.6 Å². The number of carbonyl (C=O) groups is 1. The average Bonchev–Trinajstić information content (AvgIpc) is 2.80. The SMILES string of the molecule is CC1(OC(=O)C(F)(F)F)CN(C(=N)N)c2ccc3c(I)cccc3c21. The van der Waals surface area contributed by atoms with Crippen molar-refractivity contribution in [3.63, 3.8) is 0 Å². The van der Waals surface area contributed by atoms with Crippen molar-refractivity contribution >= 4 is 51.0 Å². The zero-order chi connectivity index (χ0) is 18.6. The number of hydrogen-bond acceptors (Lipinski definition) is 3. The molecule has 2 aromatic rings. The number of nitrogens with two attached hydrogens (primary N) is 1. The zero-order valence-corrected chi connectivity index (χ0v) is 15.1. The Morgan fingerprint density at radius 1 is 1.32 bits per heavy atom. The Hall–Kier alpha value is -2.04. The first-order valence-corrected chi connectivity index (χ1v) is 8.26. The molecular weight excluding hydrogens is 450 g/mol. The van der Waals surface area contributed by atoms with Crippen LogP contribution in [0.5, 0.6) is 0 Å². The molecule has 3 N–H and O–H groups in total. The number of guanidine groups is 1. The molecule has 0 amide bonds. The number of anilines is 1. The van der Waals surface area contributed by atoms with Crippen molar-refractivity contribution in [2.45, 2.75) is 18.7 Å². The molecule has 0 fully saturated rings. The Morgan fingerprint density at radius 2 is 2.00 bits per heavy atom. The average molecular weight is 463 g/mol. The Balaban J connectivity index is 2.24. The first-order valence-electron chi connectivity index (χ1n) is 7.18. The van der Waals surface area contributed by atoms with Gasteiger partial charge in [0.05, 0.1) is 12.2 Å². The minimum Gasteiger partial charge on any atom is -0.446 e. The summed E-state index contributed by atoms with van der Waals surface area (Å²) in [5.41, 5.74) is 4.85. The van der Waals surface area contributed by atoms with Crippen LogP contribution in [0.1, 0.15) is 12.5 Å². The van der Waals surface area contributed by atoms with Crippen LogP contribution in [0, 0.1) is 8.98 Å². The van der Waals surface area contributed by atoms with E-state index >= 15 is 0 Å². The quantitative estimate of drug-likeness (QED) is 0.294. The molecule has 0 aliphatic carbocycles. The lowest BCUT2D eigenvalue weighted by atomic mass is 9.92. The topological polar surface area (TPSA) is 79.4 Å². The normalized spacial score (nSPS) is 19.8. The summed E-state index contributed by atoms with van der Waals surface area (Å²) in [7, 11) is 0. The van der Waals surface area contributed by atoms with Crippen LogP contribution in [0.15, 0.2) is 30.3 Å². The molecule has 1 heterocycles. The lowest BCUT2D eigenvalue weighted by Crippen LogP contribution is -2.43. The first-order chi connectivity index (χ1) is 11.5. The summed E-state index contributed by atoms with van der Waals surface area (Å²) in [5.74, 6) is -2.60. The number of hydrogen-bond donors (Lipinski definition) is 2. The second-order valence-corrected chi connectivity index (χ2v) is 7.05. The van der Waals surface area contributed by atoms with E-state index in [1.807, 2.05) is 12.1 Å². The highest BCUT2D eigenvalue weighted by molar-refractivity contribution is 14.1. The number of fused-ring (bicyclic) bond motifs is 3. The summed E-state index contributed by atoms with van der Waals surface area (Å²) in [5, 5.41) is 9.17. The third kappa shape index (κ3) is 2.90. The Morgan fingerprint density at radius 3 is 2.60 bits per heavy atom. The number of rotatable bonds is 1. The van der Waals surface area contributed by atoms with Gasteiger partial charge in [0.25, 0.3) is 0 Å². The number of nitrogens with zero attached hydrogens (tertiary/aromatic N) is 1. The second kappa shape index (κ2) is 5.75. The highest BCUT2D eigenvalue weighted by Gasteiger charge is 2.50. The summed E-state index contributed by atoms with van der Waals surface area (Å²) in [6, 6.07) is 8.87. The molecule has 1 atom stereocenters. The molecule has 0 bridgehead atoms. The number of carbonyl (C=O) groups excluding carboxylic acids is 1. The van der Waals surface area contributed by atoms with E-state index in [2.05, 4.69) is 22.6 Å². The standard InChI is InChI=1S/C16H13F3IN3O2/c1-15(25-13(24)16(17,18)19)7-23(14(21)22)11-6-5-8-9(12(11)15)3-2-4-10(8)20/h2-6H,7H2,1H3,(H3,21,22). The zero-order valence-electron chi connectivity index (χ0n) is 12.9. The third-order valence-corrected chi connectivity index (χ3v) is 5.05. The Bertz CT molecular complexity index is 900. The van der Waals surface area contributed by atoms with Crippen LogP contribution in [-0.4, -0.2) is 24.6 Å². The van der Waals surface area contributed by atoms with Gasteiger partial charge in [0.1, 0.15) is 0 Å². The van der Waals surface area contributed by atoms with E-state index in [0.717, 1.165) is 8.96 Å². The van der Waals surface area contributed by atoms with Gasteiger partial charge in [-0.05, 0) is 52.4 Å². The van der Waals surface area contributed by atoms with Crippen molar-refractivity contribution in [3.8, 4) is 0 Å². The van der Waals surface area contributed by atoms with Crippen LogP contribution in [0.2, 0.25) is 0 Å². The minimum atomic E-state index is -5.11. The smallest absolute Gasteiger partial charge is 0.446 e. The molecular formula is C16H13F3IN3O2. The van der Waals surface area contributed by atoms with Crippen LogP contribution in [-0.2, 0) is 15.1 Å². The molecule has 1 aliphatic rings. The predicted octanol–water partition coefficient (Wildman–Crippen LogP) is 3.48. The molecule has 1 aliphatic heterocycles. The van der Waals surface area contributed by atoms with E-state index in [4.69, 9.17) is 15.9 Å². The minimum absolute atomic E-state index is 0.163. The van der Waals surface area contributed by atoms with Gasteiger partial charge in [0.2, 0.25) is 0 Å². The molecule has 2 aromatic carbocycles. The predicted molar refractivity (Wildman–Crippen MR) is 95.4 cm³/mol. The maximum Gasteiger partial charge on any atom is 0.490 e. The van der Waals surface area contributed by atoms with Crippen molar-refractivity contribution in [3.05, 3.63) is 39.5 Å². The second-order valence-electron chi connectivity index (χ2n) is 5.88. The third-order valence-electron chi connectivity index (χ3n) is 4.11. The van der Waals surface area contributed by atoms with Crippen molar-refractivity contribution < 1.29 is 22.7 Å². The van der Waals surface area contributed by atoms with E-state index in [1.165, 1.54) is 11.8 Å². The Labute approximate surface area is 154 Å². The summed E-state index contributed by atoms with van der Waals surface area (Å²) >= 11 is 2.12. The van der Waals surface area contributed by atoms with Gasteiger partial charge in [0, 0.05) is 9.13 Å². The first kappa shape index (κ1) is 17.8. The van der Waals surface area contributed by atoms with Gasteiger partial charge in [-0.3, -0.25) is 5.41 Å². The molecule has 0 aromatic heterocycles. The molecule has 9 heteroatoms. The number of nitrogens with one attached hydrogen (secondary N) is 1. The summed E-state index contributed by atoms with van der Waals surface area (Å²) < 4.78 is 43.9. The van der Waals surface area contributed by atoms with E-state index in [1.54, 1.807) is 18.2 Å². The van der Waals surface area contributed by atoms with E-state index in [9.17, 15) is 18.0 Å². The highest BCUT2D eigenvalue weighted by atomic mass is 127. The molecule has 0 saturated heterocycles. The monoisotopic (exact) mass is 463 g/mol. The number of ether oxygens (including phenoxy) is 1. The van der Waals surface area contributed by atoms with Crippen LogP contribution in [0.4, 0.5) is 18.9 Å². The van der Waals surface area contributed by atoms with E-state index < -0.39 is 17.7 Å². The maximum absolute atomic E-state index is 12.7. The fraction of sp³-hybridized carbons (Fsp3) is 0.250. The van der Waals surface area contributed by atoms with Crippen molar-refractivity contribution in [2.24, 2.45) is 5.73 Å². The van der Waals surface area contributed by atoms with Crippen molar-refractivity contribution in [1.29, 1.82) is 5.41 Å². The van der Waals surface area contributed by atoms with Gasteiger partial charge < -0.3 is 15.4 Å². The maximum atomic E-state index is 12.7. The Kier molecular flexibility index (Phi) is 4.09. The van der Waals surface area contributed by atoms with Gasteiger partial charge in [0.15, 0.2) is 11.6 Å². The fourth-order valence-electron chi connectivity index (χ4n) is 3.12. The number of esters is 1. The van der Waals surface area contributed by atoms with Crippen molar-refractivity contribution in [1.82, 2.24) is 0 Å². The van der Waals surface area contributed by atoms with Crippen molar-refractivity contribution in [2.75, 3.05) is 11.4 Å². The van der Waals surface area contributed by atoms with Gasteiger partial charge >= 0.3 is 12.1 Å². The van der Waals surface area contributed by atoms with E-state index in [0.29, 0.717) is 16.6 Å². The van der Waals surface area contributed by atoms with Gasteiger partial charge in [-0.15, -0.1) is 0 Å². The number of alkyl halides is 3. The molecule has 0 saturated carbocycles. The number of halogens is 4. The number of benzene rings is 2. The highest BCUT2D eigenvalue weighted by Crippen LogP contribution is 2.46. The van der Waals surface area contributed by atoms with Gasteiger partial charge in [-0.2, -0.15) is 13.2 Å². The lowest BCUT2D eigenvalue weighted by Gasteiger charge is -2.27. The van der Waals surface area contributed by atoms with Crippen LogP contribution < -0.4 is 10.6 Å².